The van der Waals surface area contributed by atoms with Gasteiger partial charge >= 0.3 is 0 Å². The number of amides is 1. The first-order valence-corrected chi connectivity index (χ1v) is 10.4. The Morgan fingerprint density at radius 1 is 1.34 bits per heavy atom. The molecule has 4 heterocycles. The highest BCUT2D eigenvalue weighted by Gasteiger charge is 2.31. The summed E-state index contributed by atoms with van der Waals surface area (Å²) in [6.45, 7) is 1.09. The van der Waals surface area contributed by atoms with Crippen LogP contribution in [0.3, 0.4) is 0 Å². The molecule has 1 aliphatic rings. The van der Waals surface area contributed by atoms with E-state index in [0.717, 1.165) is 17.7 Å². The zero-order valence-electron chi connectivity index (χ0n) is 15.4. The van der Waals surface area contributed by atoms with Crippen LogP contribution in [0.25, 0.3) is 0 Å². The average Bonchev–Trinajstić information content (AvgIpc) is 3.44. The number of nitrogens with zero attached hydrogens (tertiary/aromatic N) is 3. The van der Waals surface area contributed by atoms with Crippen LogP contribution in [0.15, 0.2) is 46.6 Å². The number of carbonyl (C=O) groups is 2. The predicted octanol–water partition coefficient (Wildman–Crippen LogP) is 4.10. The number of thiophene rings is 1. The van der Waals surface area contributed by atoms with Crippen molar-refractivity contribution in [3.8, 4) is 5.75 Å². The number of aromatic nitrogens is 2. The molecule has 4 rings (SSSR count). The summed E-state index contributed by atoms with van der Waals surface area (Å²) >= 11 is 7.30. The normalized spacial score (nSPS) is 16.6. The quantitative estimate of drug-likeness (QED) is 0.546. The fraction of sp³-hybridized carbons (Fsp3) is 0.300. The largest absolute Gasteiger partial charge is 0.484 e. The zero-order valence-corrected chi connectivity index (χ0v) is 17.0. The van der Waals surface area contributed by atoms with Gasteiger partial charge in [-0.1, -0.05) is 22.8 Å². The number of likely N-dealkylation sites (tertiary alicyclic amines) is 1. The average molecular weight is 432 g/mol. The van der Waals surface area contributed by atoms with Crippen LogP contribution in [-0.2, 0) is 6.61 Å². The lowest BCUT2D eigenvalue weighted by Crippen LogP contribution is -2.42. The number of pyridine rings is 1. The highest BCUT2D eigenvalue weighted by atomic mass is 35.5. The summed E-state index contributed by atoms with van der Waals surface area (Å²) in [4.78, 5) is 31.8. The summed E-state index contributed by atoms with van der Waals surface area (Å²) in [6.07, 6.45) is 4.61. The number of halogens is 1. The van der Waals surface area contributed by atoms with Gasteiger partial charge in [0.05, 0.1) is 16.1 Å². The van der Waals surface area contributed by atoms with E-state index in [4.69, 9.17) is 20.9 Å². The number of piperidine rings is 1. The Balaban J connectivity index is 1.37. The van der Waals surface area contributed by atoms with Gasteiger partial charge in [-0.05, 0) is 24.3 Å². The molecule has 29 heavy (non-hydrogen) atoms. The maximum atomic E-state index is 12.8. The molecule has 0 radical (unpaired) electrons. The van der Waals surface area contributed by atoms with Gasteiger partial charge < -0.3 is 14.2 Å². The third-order valence-electron chi connectivity index (χ3n) is 4.68. The molecule has 1 fully saturated rings. The lowest BCUT2D eigenvalue weighted by molar-refractivity contribution is 0.0629. The standard InChI is InChI=1S/C20H18ClN3O4S/c21-14-7-15(10-22-9-14)27-12-16-8-17(23-28-16)20(26)24-5-1-3-13(11-24)19(25)18-4-2-6-29-18/h2,4,6-10,13H,1,3,5,11-12H2. The minimum absolute atomic E-state index is 0.0990. The lowest BCUT2D eigenvalue weighted by Gasteiger charge is -2.31. The molecule has 150 valence electrons. The predicted molar refractivity (Wildman–Crippen MR) is 107 cm³/mol. The molecule has 0 aliphatic carbocycles. The molecule has 1 aliphatic heterocycles. The van der Waals surface area contributed by atoms with Crippen LogP contribution >= 0.6 is 22.9 Å². The van der Waals surface area contributed by atoms with Crippen molar-refractivity contribution in [2.45, 2.75) is 19.4 Å². The lowest BCUT2D eigenvalue weighted by atomic mass is 9.93. The smallest absolute Gasteiger partial charge is 0.276 e. The fourth-order valence-electron chi connectivity index (χ4n) is 3.27. The molecule has 9 heteroatoms. The number of rotatable bonds is 6. The van der Waals surface area contributed by atoms with Gasteiger partial charge in [-0.3, -0.25) is 14.6 Å². The Labute approximate surface area is 176 Å². The highest BCUT2D eigenvalue weighted by Crippen LogP contribution is 2.24. The van der Waals surface area contributed by atoms with E-state index in [1.165, 1.54) is 23.7 Å². The van der Waals surface area contributed by atoms with Gasteiger partial charge in [-0.25, -0.2) is 0 Å². The molecule has 3 aromatic rings. The third-order valence-corrected chi connectivity index (χ3v) is 5.77. The summed E-state index contributed by atoms with van der Waals surface area (Å²) in [5.74, 6) is 0.579. The van der Waals surface area contributed by atoms with Crippen LogP contribution in [0.2, 0.25) is 5.02 Å². The molecule has 0 N–H and O–H groups in total. The summed E-state index contributed by atoms with van der Waals surface area (Å²) in [5, 5.41) is 6.22. The second-order valence-electron chi connectivity index (χ2n) is 6.74. The van der Waals surface area contributed by atoms with E-state index in [2.05, 4.69) is 10.1 Å². The number of Topliss-reactive ketones (excluding diaryl/α,β-unsaturated/α-hetero) is 1. The molecule has 3 aromatic heterocycles. The van der Waals surface area contributed by atoms with Gasteiger partial charge in [-0.2, -0.15) is 0 Å². The van der Waals surface area contributed by atoms with Gasteiger partial charge in [-0.15, -0.1) is 11.3 Å². The minimum Gasteiger partial charge on any atom is -0.484 e. The number of carbonyl (C=O) groups excluding carboxylic acids is 2. The van der Waals surface area contributed by atoms with E-state index in [9.17, 15) is 9.59 Å². The first kappa shape index (κ1) is 19.6. The molecule has 0 bridgehead atoms. The van der Waals surface area contributed by atoms with Gasteiger partial charge in [0.15, 0.2) is 17.2 Å². The van der Waals surface area contributed by atoms with E-state index >= 15 is 0 Å². The number of ketones is 1. The van der Waals surface area contributed by atoms with Gasteiger partial charge in [0.2, 0.25) is 0 Å². The zero-order chi connectivity index (χ0) is 20.2. The Morgan fingerprint density at radius 2 is 2.24 bits per heavy atom. The van der Waals surface area contributed by atoms with Crippen molar-refractivity contribution in [1.29, 1.82) is 0 Å². The van der Waals surface area contributed by atoms with Crippen molar-refractivity contribution in [2.24, 2.45) is 5.92 Å². The number of hydrogen-bond acceptors (Lipinski definition) is 7. The van der Waals surface area contributed by atoms with Crippen LogP contribution in [0.4, 0.5) is 0 Å². The fourth-order valence-corrected chi connectivity index (χ4v) is 4.17. The van der Waals surface area contributed by atoms with Crippen molar-refractivity contribution in [1.82, 2.24) is 15.0 Å². The minimum atomic E-state index is -0.242. The maximum Gasteiger partial charge on any atom is 0.276 e. The molecule has 7 nitrogen and oxygen atoms in total. The second kappa shape index (κ2) is 8.75. The van der Waals surface area contributed by atoms with Crippen molar-refractivity contribution in [3.05, 3.63) is 63.4 Å². The second-order valence-corrected chi connectivity index (χ2v) is 8.12. The summed E-state index contributed by atoms with van der Waals surface area (Å²) in [5.41, 5.74) is 0.206. The Bertz CT molecular complexity index is 1000. The number of hydrogen-bond donors (Lipinski definition) is 0. The van der Waals surface area contributed by atoms with Crippen molar-refractivity contribution >= 4 is 34.6 Å². The van der Waals surface area contributed by atoms with Crippen molar-refractivity contribution < 1.29 is 18.8 Å². The van der Waals surface area contributed by atoms with Gasteiger partial charge in [0, 0.05) is 37.3 Å². The summed E-state index contributed by atoms with van der Waals surface area (Å²) in [7, 11) is 0. The van der Waals surface area contributed by atoms with Gasteiger partial charge in [0.1, 0.15) is 12.4 Å². The Hall–Kier alpha value is -2.71. The highest BCUT2D eigenvalue weighted by molar-refractivity contribution is 7.12. The molecular weight excluding hydrogens is 414 g/mol. The monoisotopic (exact) mass is 431 g/mol. The first-order chi connectivity index (χ1) is 14.1. The van der Waals surface area contributed by atoms with Crippen LogP contribution in [0, 0.1) is 5.92 Å². The molecule has 0 aromatic carbocycles. The third kappa shape index (κ3) is 4.65. The summed E-state index contributed by atoms with van der Waals surface area (Å²) in [6, 6.07) is 6.88. The first-order valence-electron chi connectivity index (χ1n) is 9.16. The van der Waals surface area contributed by atoms with Crippen molar-refractivity contribution in [3.63, 3.8) is 0 Å². The molecule has 0 saturated carbocycles. The Morgan fingerprint density at radius 3 is 3.03 bits per heavy atom. The molecule has 1 saturated heterocycles. The maximum absolute atomic E-state index is 12.8. The van der Waals surface area contributed by atoms with E-state index in [-0.39, 0.29) is 29.9 Å². The number of ether oxygens (including phenoxy) is 1. The molecular formula is C20H18ClN3O4S. The van der Waals surface area contributed by atoms with Crippen LogP contribution in [0.5, 0.6) is 5.75 Å². The van der Waals surface area contributed by atoms with Crippen LogP contribution in [0.1, 0.15) is 38.8 Å². The van der Waals surface area contributed by atoms with Gasteiger partial charge in [0.25, 0.3) is 5.91 Å². The SMILES string of the molecule is O=C(c1cccs1)C1CCCN(C(=O)c2cc(COc3cncc(Cl)c3)on2)C1. The molecule has 0 spiro atoms. The molecule has 1 amide bonds. The van der Waals surface area contributed by atoms with E-state index in [1.807, 2.05) is 17.5 Å². The van der Waals surface area contributed by atoms with E-state index in [1.54, 1.807) is 17.0 Å². The van der Waals surface area contributed by atoms with Crippen LogP contribution in [-0.4, -0.2) is 39.8 Å². The van der Waals surface area contributed by atoms with Crippen molar-refractivity contribution in [2.75, 3.05) is 13.1 Å². The molecule has 1 unspecified atom stereocenters. The molecule has 1 atom stereocenters. The Kier molecular flexibility index (Phi) is 5.92. The topological polar surface area (TPSA) is 85.5 Å². The van der Waals surface area contributed by atoms with Crippen LogP contribution < -0.4 is 4.74 Å². The van der Waals surface area contributed by atoms with E-state index < -0.39 is 0 Å². The summed E-state index contributed by atoms with van der Waals surface area (Å²) < 4.78 is 10.8. The van der Waals surface area contributed by atoms with E-state index in [0.29, 0.717) is 29.6 Å².